The Balaban J connectivity index is 2.05. The number of hydrogen-bond donors (Lipinski definition) is 1. The van der Waals surface area contributed by atoms with Crippen LogP contribution < -0.4 is 5.32 Å². The molecular formula is C12H18ClN3O. The molecule has 2 atom stereocenters. The summed E-state index contributed by atoms with van der Waals surface area (Å²) in [6.07, 6.45) is 3.89. The first-order chi connectivity index (χ1) is 8.16. The van der Waals surface area contributed by atoms with Gasteiger partial charge in [0.05, 0.1) is 12.1 Å². The topological polar surface area (TPSA) is 47.0 Å². The van der Waals surface area contributed by atoms with Gasteiger partial charge in [0.2, 0.25) is 0 Å². The number of anilines is 1. The summed E-state index contributed by atoms with van der Waals surface area (Å²) >= 11 is 5.84. The largest absolute Gasteiger partial charge is 0.376 e. The fourth-order valence-corrected chi connectivity index (χ4v) is 2.36. The third kappa shape index (κ3) is 3.30. The highest BCUT2D eigenvalue weighted by molar-refractivity contribution is 6.29. The van der Waals surface area contributed by atoms with Crippen LogP contribution >= 0.6 is 11.6 Å². The van der Waals surface area contributed by atoms with Crippen LogP contribution in [0.25, 0.3) is 0 Å². The van der Waals surface area contributed by atoms with Gasteiger partial charge in [0, 0.05) is 12.7 Å². The van der Waals surface area contributed by atoms with Crippen LogP contribution in [0, 0.1) is 5.92 Å². The van der Waals surface area contributed by atoms with Crippen LogP contribution in [0.2, 0.25) is 5.15 Å². The molecule has 1 aliphatic heterocycles. The van der Waals surface area contributed by atoms with Crippen LogP contribution in [0.4, 0.5) is 5.82 Å². The molecule has 1 aromatic rings. The van der Waals surface area contributed by atoms with E-state index >= 15 is 0 Å². The summed E-state index contributed by atoms with van der Waals surface area (Å²) in [7, 11) is 0. The smallest absolute Gasteiger partial charge is 0.134 e. The number of nitrogens with zero attached hydrogens (tertiary/aromatic N) is 2. The van der Waals surface area contributed by atoms with Crippen molar-refractivity contribution in [1.29, 1.82) is 0 Å². The molecule has 0 amide bonds. The number of hydrogen-bond acceptors (Lipinski definition) is 4. The van der Waals surface area contributed by atoms with Crippen molar-refractivity contribution < 1.29 is 4.74 Å². The molecule has 0 spiro atoms. The number of aromatic nitrogens is 2. The summed E-state index contributed by atoms with van der Waals surface area (Å²) in [6, 6.07) is 2.04. The fraction of sp³-hybridized carbons (Fsp3) is 0.667. The second-order valence-electron chi connectivity index (χ2n) is 4.70. The van der Waals surface area contributed by atoms with E-state index in [-0.39, 0.29) is 6.10 Å². The van der Waals surface area contributed by atoms with Crippen LogP contribution in [-0.2, 0) is 4.74 Å². The molecule has 0 saturated carbocycles. The molecule has 1 N–H and O–H groups in total. The van der Waals surface area contributed by atoms with Gasteiger partial charge in [-0.3, -0.25) is 0 Å². The number of ether oxygens (including phenoxy) is 1. The van der Waals surface area contributed by atoms with E-state index in [1.807, 2.05) is 0 Å². The van der Waals surface area contributed by atoms with Gasteiger partial charge in [-0.1, -0.05) is 25.4 Å². The minimum absolute atomic E-state index is 0.234. The maximum Gasteiger partial charge on any atom is 0.134 e. The van der Waals surface area contributed by atoms with Gasteiger partial charge in [0.15, 0.2) is 0 Å². The Bertz CT molecular complexity index is 373. The minimum Gasteiger partial charge on any atom is -0.376 e. The third-order valence-electron chi connectivity index (χ3n) is 2.99. The van der Waals surface area contributed by atoms with Gasteiger partial charge in [-0.15, -0.1) is 0 Å². The van der Waals surface area contributed by atoms with E-state index in [2.05, 4.69) is 29.1 Å². The Hall–Kier alpha value is -0.870. The molecule has 0 bridgehead atoms. The maximum absolute atomic E-state index is 5.84. The summed E-state index contributed by atoms with van der Waals surface area (Å²) in [6.45, 7) is 5.21. The second-order valence-corrected chi connectivity index (χ2v) is 5.09. The number of nitrogens with one attached hydrogen (secondary N) is 1. The van der Waals surface area contributed by atoms with Gasteiger partial charge in [0.25, 0.3) is 0 Å². The molecule has 1 fully saturated rings. The molecule has 2 rings (SSSR count). The molecule has 1 saturated heterocycles. The van der Waals surface area contributed by atoms with E-state index in [0.717, 1.165) is 25.3 Å². The van der Waals surface area contributed by atoms with Gasteiger partial charge in [-0.2, -0.15) is 0 Å². The first-order valence-electron chi connectivity index (χ1n) is 6.02. The summed E-state index contributed by atoms with van der Waals surface area (Å²) in [4.78, 5) is 8.04. The molecule has 17 heavy (non-hydrogen) atoms. The Kier molecular flexibility index (Phi) is 4.18. The number of rotatable bonds is 3. The molecule has 1 aliphatic rings. The normalized spacial score (nSPS) is 24.9. The highest BCUT2D eigenvalue weighted by Crippen LogP contribution is 2.23. The SMILES string of the molecule is CC(C)[C@@H]1OCCC[C@@H]1Nc1cc(Cl)ncn1. The van der Waals surface area contributed by atoms with Crippen molar-refractivity contribution in [2.75, 3.05) is 11.9 Å². The summed E-state index contributed by atoms with van der Waals surface area (Å²) in [5, 5.41) is 3.85. The van der Waals surface area contributed by atoms with Crippen molar-refractivity contribution in [3.05, 3.63) is 17.5 Å². The van der Waals surface area contributed by atoms with Crippen molar-refractivity contribution in [1.82, 2.24) is 9.97 Å². The molecule has 0 unspecified atom stereocenters. The Labute approximate surface area is 107 Å². The van der Waals surface area contributed by atoms with Crippen LogP contribution in [0.3, 0.4) is 0 Å². The van der Waals surface area contributed by atoms with Crippen molar-refractivity contribution >= 4 is 17.4 Å². The van der Waals surface area contributed by atoms with Gasteiger partial charge in [0.1, 0.15) is 17.3 Å². The fourth-order valence-electron chi connectivity index (χ4n) is 2.22. The molecule has 0 aromatic carbocycles. The lowest BCUT2D eigenvalue weighted by Crippen LogP contribution is -2.43. The van der Waals surface area contributed by atoms with Gasteiger partial charge in [-0.25, -0.2) is 9.97 Å². The van der Waals surface area contributed by atoms with Crippen molar-refractivity contribution in [3.63, 3.8) is 0 Å². The predicted octanol–water partition coefficient (Wildman–Crippen LogP) is 2.75. The lowest BCUT2D eigenvalue weighted by Gasteiger charge is -2.35. The van der Waals surface area contributed by atoms with Crippen molar-refractivity contribution in [2.45, 2.75) is 38.8 Å². The molecular weight excluding hydrogens is 238 g/mol. The quantitative estimate of drug-likeness (QED) is 0.844. The maximum atomic E-state index is 5.84. The minimum atomic E-state index is 0.234. The third-order valence-corrected chi connectivity index (χ3v) is 3.20. The van der Waals surface area contributed by atoms with Crippen LogP contribution in [0.1, 0.15) is 26.7 Å². The molecule has 0 radical (unpaired) electrons. The van der Waals surface area contributed by atoms with E-state index in [1.165, 1.54) is 6.33 Å². The highest BCUT2D eigenvalue weighted by Gasteiger charge is 2.28. The van der Waals surface area contributed by atoms with Crippen molar-refractivity contribution in [3.8, 4) is 0 Å². The predicted molar refractivity (Wildman–Crippen MR) is 68.3 cm³/mol. The standard InChI is InChI=1S/C12H18ClN3O/c1-8(2)12-9(4-3-5-17-12)16-11-6-10(13)14-7-15-11/h6-9,12H,3-5H2,1-2H3,(H,14,15,16)/t9-,12-/m0/s1. The lowest BCUT2D eigenvalue weighted by molar-refractivity contribution is -0.0203. The van der Waals surface area contributed by atoms with E-state index < -0.39 is 0 Å². The zero-order chi connectivity index (χ0) is 12.3. The monoisotopic (exact) mass is 255 g/mol. The van der Waals surface area contributed by atoms with Crippen molar-refractivity contribution in [2.24, 2.45) is 5.92 Å². The lowest BCUT2D eigenvalue weighted by atomic mass is 9.94. The van der Waals surface area contributed by atoms with Gasteiger partial charge < -0.3 is 10.1 Å². The average Bonchev–Trinajstić information content (AvgIpc) is 2.29. The molecule has 0 aliphatic carbocycles. The number of halogens is 1. The first kappa shape index (κ1) is 12.6. The first-order valence-corrected chi connectivity index (χ1v) is 6.40. The molecule has 2 heterocycles. The Morgan fingerprint density at radius 2 is 2.29 bits per heavy atom. The van der Waals surface area contributed by atoms with E-state index in [9.17, 15) is 0 Å². The zero-order valence-corrected chi connectivity index (χ0v) is 10.9. The highest BCUT2D eigenvalue weighted by atomic mass is 35.5. The van der Waals surface area contributed by atoms with E-state index in [1.54, 1.807) is 6.07 Å². The second kappa shape index (κ2) is 5.65. The Morgan fingerprint density at radius 1 is 1.47 bits per heavy atom. The molecule has 4 nitrogen and oxygen atoms in total. The van der Waals surface area contributed by atoms with Gasteiger partial charge >= 0.3 is 0 Å². The summed E-state index contributed by atoms with van der Waals surface area (Å²) < 4.78 is 5.82. The zero-order valence-electron chi connectivity index (χ0n) is 10.2. The van der Waals surface area contributed by atoms with Crippen LogP contribution in [-0.4, -0.2) is 28.7 Å². The van der Waals surface area contributed by atoms with E-state index in [0.29, 0.717) is 17.1 Å². The molecule has 94 valence electrons. The summed E-state index contributed by atoms with van der Waals surface area (Å²) in [5.41, 5.74) is 0. The van der Waals surface area contributed by atoms with E-state index in [4.69, 9.17) is 16.3 Å². The summed E-state index contributed by atoms with van der Waals surface area (Å²) in [5.74, 6) is 1.26. The van der Waals surface area contributed by atoms with Gasteiger partial charge in [-0.05, 0) is 18.8 Å². The Morgan fingerprint density at radius 3 is 3.00 bits per heavy atom. The van der Waals surface area contributed by atoms with Crippen LogP contribution in [0.15, 0.2) is 12.4 Å². The molecule has 1 aromatic heterocycles. The molecule has 5 heteroatoms. The average molecular weight is 256 g/mol. The van der Waals surface area contributed by atoms with Crippen LogP contribution in [0.5, 0.6) is 0 Å².